The van der Waals surface area contributed by atoms with Crippen LogP contribution in [-0.4, -0.2) is 37.6 Å². The number of carbonyl (C=O) groups excluding carboxylic acids is 2. The molecule has 110 valence electrons. The van der Waals surface area contributed by atoms with Crippen LogP contribution in [0.4, 0.5) is 4.79 Å². The van der Waals surface area contributed by atoms with Crippen molar-refractivity contribution in [2.75, 3.05) is 19.6 Å². The standard InChI is InChI=1S/C13H26N4O2/c1-2-3-4-11(17-13(14)19)12(18)16-8-6-10-5-7-15-9-10/h10-11,15H,2-9H2,1H3,(H,16,18)(H3,14,17,19). The highest BCUT2D eigenvalue weighted by molar-refractivity contribution is 5.86. The molecule has 0 radical (unpaired) electrons. The molecule has 0 bridgehead atoms. The maximum Gasteiger partial charge on any atom is 0.312 e. The Balaban J connectivity index is 2.26. The van der Waals surface area contributed by atoms with Gasteiger partial charge < -0.3 is 21.7 Å². The molecule has 2 atom stereocenters. The Labute approximate surface area is 114 Å². The van der Waals surface area contributed by atoms with Gasteiger partial charge in [-0.3, -0.25) is 4.79 Å². The minimum absolute atomic E-state index is 0.127. The summed E-state index contributed by atoms with van der Waals surface area (Å²) >= 11 is 0. The summed E-state index contributed by atoms with van der Waals surface area (Å²) in [5, 5.41) is 8.70. The second-order valence-corrected chi connectivity index (χ2v) is 5.14. The maximum absolute atomic E-state index is 12.0. The Bertz CT molecular complexity index is 290. The number of carbonyl (C=O) groups is 2. The number of unbranched alkanes of at least 4 members (excludes halogenated alkanes) is 1. The molecular weight excluding hydrogens is 244 g/mol. The summed E-state index contributed by atoms with van der Waals surface area (Å²) in [6.45, 7) is 4.82. The van der Waals surface area contributed by atoms with Gasteiger partial charge in [-0.15, -0.1) is 0 Å². The molecule has 0 aliphatic carbocycles. The summed E-state index contributed by atoms with van der Waals surface area (Å²) in [6, 6.07) is -1.14. The highest BCUT2D eigenvalue weighted by Gasteiger charge is 2.19. The normalized spacial score (nSPS) is 19.9. The second kappa shape index (κ2) is 8.74. The monoisotopic (exact) mass is 270 g/mol. The minimum Gasteiger partial charge on any atom is -0.354 e. The molecule has 0 spiro atoms. The van der Waals surface area contributed by atoms with Gasteiger partial charge in [-0.05, 0) is 38.3 Å². The van der Waals surface area contributed by atoms with Crippen molar-refractivity contribution in [2.24, 2.45) is 11.7 Å². The molecule has 0 aromatic rings. The van der Waals surface area contributed by atoms with Crippen LogP contribution in [0.2, 0.25) is 0 Å². The number of hydrogen-bond donors (Lipinski definition) is 4. The zero-order valence-corrected chi connectivity index (χ0v) is 11.7. The molecule has 5 N–H and O–H groups in total. The Morgan fingerprint density at radius 3 is 2.84 bits per heavy atom. The van der Waals surface area contributed by atoms with Crippen molar-refractivity contribution >= 4 is 11.9 Å². The maximum atomic E-state index is 12.0. The Morgan fingerprint density at radius 2 is 2.26 bits per heavy atom. The van der Waals surface area contributed by atoms with E-state index in [-0.39, 0.29) is 5.91 Å². The number of urea groups is 1. The van der Waals surface area contributed by atoms with Gasteiger partial charge in [-0.1, -0.05) is 19.8 Å². The zero-order chi connectivity index (χ0) is 14.1. The molecule has 6 heteroatoms. The first-order valence-electron chi connectivity index (χ1n) is 7.18. The number of nitrogens with one attached hydrogen (secondary N) is 3. The van der Waals surface area contributed by atoms with Gasteiger partial charge in [-0.25, -0.2) is 4.79 Å². The van der Waals surface area contributed by atoms with E-state index in [0.29, 0.717) is 18.9 Å². The van der Waals surface area contributed by atoms with Crippen LogP contribution in [-0.2, 0) is 4.79 Å². The smallest absolute Gasteiger partial charge is 0.312 e. The van der Waals surface area contributed by atoms with Gasteiger partial charge in [0, 0.05) is 6.54 Å². The summed E-state index contributed by atoms with van der Waals surface area (Å²) in [6.07, 6.45) is 4.67. The first-order chi connectivity index (χ1) is 9.13. The molecule has 2 unspecified atom stereocenters. The van der Waals surface area contributed by atoms with Gasteiger partial charge in [0.1, 0.15) is 6.04 Å². The van der Waals surface area contributed by atoms with Gasteiger partial charge >= 0.3 is 6.03 Å². The third-order valence-electron chi connectivity index (χ3n) is 3.49. The van der Waals surface area contributed by atoms with Crippen LogP contribution in [0.3, 0.4) is 0 Å². The van der Waals surface area contributed by atoms with Crippen LogP contribution in [0.5, 0.6) is 0 Å². The quantitative estimate of drug-likeness (QED) is 0.512. The molecule has 0 aromatic heterocycles. The van der Waals surface area contributed by atoms with Gasteiger partial charge in [0.05, 0.1) is 0 Å². The molecular formula is C13H26N4O2. The van der Waals surface area contributed by atoms with E-state index in [1.165, 1.54) is 6.42 Å². The highest BCUT2D eigenvalue weighted by Crippen LogP contribution is 2.10. The van der Waals surface area contributed by atoms with Gasteiger partial charge in [0.25, 0.3) is 0 Å². The van der Waals surface area contributed by atoms with Gasteiger partial charge in [0.15, 0.2) is 0 Å². The van der Waals surface area contributed by atoms with Crippen LogP contribution < -0.4 is 21.7 Å². The predicted molar refractivity (Wildman–Crippen MR) is 74.6 cm³/mol. The third-order valence-corrected chi connectivity index (χ3v) is 3.49. The summed E-state index contributed by atoms with van der Waals surface area (Å²) in [4.78, 5) is 22.8. The van der Waals surface area contributed by atoms with Crippen LogP contribution in [0.15, 0.2) is 0 Å². The lowest BCUT2D eigenvalue weighted by atomic mass is 10.0. The average Bonchev–Trinajstić information content (AvgIpc) is 2.87. The van der Waals surface area contributed by atoms with Crippen LogP contribution in [0.1, 0.15) is 39.0 Å². The third kappa shape index (κ3) is 6.42. The molecule has 1 fully saturated rings. The largest absolute Gasteiger partial charge is 0.354 e. The first-order valence-corrected chi connectivity index (χ1v) is 7.18. The lowest BCUT2D eigenvalue weighted by Crippen LogP contribution is -2.48. The topological polar surface area (TPSA) is 96.2 Å². The molecule has 6 nitrogen and oxygen atoms in total. The van der Waals surface area contributed by atoms with E-state index in [9.17, 15) is 9.59 Å². The average molecular weight is 270 g/mol. The number of rotatable bonds is 8. The summed E-state index contributed by atoms with van der Waals surface area (Å²) in [5.41, 5.74) is 5.09. The molecule has 1 rings (SSSR count). The van der Waals surface area contributed by atoms with Crippen molar-refractivity contribution in [1.82, 2.24) is 16.0 Å². The molecule has 0 saturated carbocycles. The second-order valence-electron chi connectivity index (χ2n) is 5.14. The van der Waals surface area contributed by atoms with Crippen molar-refractivity contribution < 1.29 is 9.59 Å². The van der Waals surface area contributed by atoms with Crippen LogP contribution in [0.25, 0.3) is 0 Å². The zero-order valence-electron chi connectivity index (χ0n) is 11.7. The van der Waals surface area contributed by atoms with E-state index in [0.717, 1.165) is 32.4 Å². The van der Waals surface area contributed by atoms with Gasteiger partial charge in [0.2, 0.25) is 5.91 Å². The molecule has 19 heavy (non-hydrogen) atoms. The Kier molecular flexibility index (Phi) is 7.25. The van der Waals surface area contributed by atoms with E-state index in [1.54, 1.807) is 0 Å². The fourth-order valence-electron chi connectivity index (χ4n) is 2.33. The molecule has 3 amide bonds. The van der Waals surface area contributed by atoms with E-state index in [1.807, 2.05) is 6.92 Å². The first kappa shape index (κ1) is 15.8. The van der Waals surface area contributed by atoms with Gasteiger partial charge in [-0.2, -0.15) is 0 Å². The predicted octanol–water partition coefficient (Wildman–Crippen LogP) is 0.329. The molecule has 1 aliphatic rings. The lowest BCUT2D eigenvalue weighted by Gasteiger charge is -2.17. The molecule has 1 aliphatic heterocycles. The highest BCUT2D eigenvalue weighted by atomic mass is 16.2. The van der Waals surface area contributed by atoms with E-state index in [4.69, 9.17) is 5.73 Å². The van der Waals surface area contributed by atoms with Crippen LogP contribution >= 0.6 is 0 Å². The number of nitrogens with two attached hydrogens (primary N) is 1. The number of primary amides is 1. The Morgan fingerprint density at radius 1 is 1.47 bits per heavy atom. The summed E-state index contributed by atoms with van der Waals surface area (Å²) < 4.78 is 0. The van der Waals surface area contributed by atoms with Crippen molar-refractivity contribution in [3.05, 3.63) is 0 Å². The SMILES string of the molecule is CCCCC(NC(N)=O)C(=O)NCCC1CCNC1. The summed E-state index contributed by atoms with van der Waals surface area (Å²) in [7, 11) is 0. The molecule has 1 saturated heterocycles. The minimum atomic E-state index is -0.642. The molecule has 1 heterocycles. The van der Waals surface area contributed by atoms with Crippen molar-refractivity contribution in [1.29, 1.82) is 0 Å². The number of amides is 3. The van der Waals surface area contributed by atoms with Crippen LogP contribution in [0, 0.1) is 5.92 Å². The van der Waals surface area contributed by atoms with E-state index < -0.39 is 12.1 Å². The Hall–Kier alpha value is -1.30. The van der Waals surface area contributed by atoms with Crippen molar-refractivity contribution in [2.45, 2.75) is 45.1 Å². The fraction of sp³-hybridized carbons (Fsp3) is 0.846. The fourth-order valence-corrected chi connectivity index (χ4v) is 2.33. The van der Waals surface area contributed by atoms with E-state index in [2.05, 4.69) is 16.0 Å². The summed E-state index contributed by atoms with van der Waals surface area (Å²) in [5.74, 6) is 0.525. The van der Waals surface area contributed by atoms with E-state index >= 15 is 0 Å². The molecule has 0 aromatic carbocycles. The number of hydrogen-bond acceptors (Lipinski definition) is 3. The lowest BCUT2D eigenvalue weighted by molar-refractivity contribution is -0.123. The van der Waals surface area contributed by atoms with Crippen molar-refractivity contribution in [3.63, 3.8) is 0 Å². The van der Waals surface area contributed by atoms with Crippen molar-refractivity contribution in [3.8, 4) is 0 Å².